The van der Waals surface area contributed by atoms with Crippen LogP contribution in [0.15, 0.2) is 5.10 Å². The fourth-order valence-corrected chi connectivity index (χ4v) is 2.50. The standard InChI is InChI=1S/C19H38N2O/c1-3-5-7-9-10-11-12-13-15-17-19(22)21-20-18-16-14-8-6-4-2/h18H,3-17H2,1-2H3,(H,21,22)/b20-18+. The van der Waals surface area contributed by atoms with E-state index in [4.69, 9.17) is 0 Å². The van der Waals surface area contributed by atoms with Gasteiger partial charge in [-0.1, -0.05) is 84.5 Å². The zero-order valence-electron chi connectivity index (χ0n) is 15.0. The molecule has 130 valence electrons. The zero-order valence-corrected chi connectivity index (χ0v) is 15.0. The second-order valence-electron chi connectivity index (χ2n) is 6.27. The topological polar surface area (TPSA) is 41.5 Å². The van der Waals surface area contributed by atoms with Gasteiger partial charge >= 0.3 is 0 Å². The SMILES string of the molecule is CCCCCC/C=N/NC(=O)CCCCCCCCCCC. The van der Waals surface area contributed by atoms with Crippen LogP contribution < -0.4 is 5.43 Å². The Kier molecular flexibility index (Phi) is 17.5. The van der Waals surface area contributed by atoms with Crippen molar-refractivity contribution in [2.75, 3.05) is 0 Å². The lowest BCUT2D eigenvalue weighted by Gasteiger charge is -2.02. The normalized spacial score (nSPS) is 11.2. The molecule has 0 atom stereocenters. The Morgan fingerprint density at radius 1 is 0.773 bits per heavy atom. The Balaban J connectivity index is 3.23. The van der Waals surface area contributed by atoms with E-state index in [2.05, 4.69) is 24.4 Å². The largest absolute Gasteiger partial charge is 0.273 e. The molecular formula is C19H38N2O. The lowest BCUT2D eigenvalue weighted by Crippen LogP contribution is -2.16. The van der Waals surface area contributed by atoms with Gasteiger partial charge in [0.1, 0.15) is 0 Å². The second-order valence-corrected chi connectivity index (χ2v) is 6.27. The summed E-state index contributed by atoms with van der Waals surface area (Å²) in [5.74, 6) is 0.0627. The summed E-state index contributed by atoms with van der Waals surface area (Å²) in [6, 6.07) is 0. The highest BCUT2D eigenvalue weighted by Gasteiger charge is 1.99. The van der Waals surface area contributed by atoms with Gasteiger partial charge in [0.15, 0.2) is 0 Å². The number of nitrogens with one attached hydrogen (secondary N) is 1. The van der Waals surface area contributed by atoms with Gasteiger partial charge in [0.2, 0.25) is 5.91 Å². The number of carbonyl (C=O) groups is 1. The van der Waals surface area contributed by atoms with E-state index in [0.29, 0.717) is 6.42 Å². The van der Waals surface area contributed by atoms with Crippen molar-refractivity contribution in [2.24, 2.45) is 5.10 Å². The van der Waals surface area contributed by atoms with E-state index >= 15 is 0 Å². The fourth-order valence-electron chi connectivity index (χ4n) is 2.50. The third-order valence-electron chi connectivity index (χ3n) is 3.97. The number of hydrogen-bond acceptors (Lipinski definition) is 2. The quantitative estimate of drug-likeness (QED) is 0.213. The van der Waals surface area contributed by atoms with Gasteiger partial charge in [-0.25, -0.2) is 5.43 Å². The van der Waals surface area contributed by atoms with E-state index in [1.165, 1.54) is 77.0 Å². The van der Waals surface area contributed by atoms with Crippen LogP contribution in [0.3, 0.4) is 0 Å². The van der Waals surface area contributed by atoms with Gasteiger partial charge in [0.05, 0.1) is 0 Å². The van der Waals surface area contributed by atoms with Crippen molar-refractivity contribution < 1.29 is 4.79 Å². The Bertz CT molecular complexity index is 264. The van der Waals surface area contributed by atoms with Crippen molar-refractivity contribution in [3.63, 3.8) is 0 Å². The van der Waals surface area contributed by atoms with E-state index < -0.39 is 0 Å². The average Bonchev–Trinajstić information content (AvgIpc) is 2.52. The Morgan fingerprint density at radius 3 is 1.86 bits per heavy atom. The molecule has 0 unspecified atom stereocenters. The number of nitrogens with zero attached hydrogens (tertiary/aromatic N) is 1. The van der Waals surface area contributed by atoms with Gasteiger partial charge in [-0.05, 0) is 19.3 Å². The molecule has 22 heavy (non-hydrogen) atoms. The number of unbranched alkanes of at least 4 members (excludes halogenated alkanes) is 12. The predicted molar refractivity (Wildman–Crippen MR) is 97.2 cm³/mol. The molecule has 0 aromatic heterocycles. The fraction of sp³-hybridized carbons (Fsp3) is 0.895. The molecule has 0 aliphatic heterocycles. The maximum atomic E-state index is 11.6. The molecule has 1 amide bonds. The first-order valence-electron chi connectivity index (χ1n) is 9.61. The molecule has 3 heteroatoms. The Labute approximate surface area is 138 Å². The molecule has 0 radical (unpaired) electrons. The minimum Gasteiger partial charge on any atom is -0.273 e. The molecule has 0 aromatic rings. The van der Waals surface area contributed by atoms with Gasteiger partial charge in [-0.2, -0.15) is 5.10 Å². The predicted octanol–water partition coefficient (Wildman–Crippen LogP) is 5.98. The molecule has 0 bridgehead atoms. The number of carbonyl (C=O) groups excluding carboxylic acids is 1. The maximum Gasteiger partial charge on any atom is 0.240 e. The van der Waals surface area contributed by atoms with Crippen molar-refractivity contribution >= 4 is 12.1 Å². The summed E-state index contributed by atoms with van der Waals surface area (Å²) < 4.78 is 0. The van der Waals surface area contributed by atoms with E-state index in [0.717, 1.165) is 12.8 Å². The van der Waals surface area contributed by atoms with Crippen LogP contribution in [0.2, 0.25) is 0 Å². The molecule has 0 heterocycles. The minimum absolute atomic E-state index is 0.0627. The summed E-state index contributed by atoms with van der Waals surface area (Å²) in [6.07, 6.45) is 20.0. The van der Waals surface area contributed by atoms with Crippen molar-refractivity contribution in [3.05, 3.63) is 0 Å². The summed E-state index contributed by atoms with van der Waals surface area (Å²) in [5.41, 5.74) is 2.63. The van der Waals surface area contributed by atoms with Crippen LogP contribution in [0.25, 0.3) is 0 Å². The molecule has 0 aromatic carbocycles. The summed E-state index contributed by atoms with van der Waals surface area (Å²) >= 11 is 0. The average molecular weight is 311 g/mol. The van der Waals surface area contributed by atoms with E-state index in [1.54, 1.807) is 0 Å². The van der Waals surface area contributed by atoms with Crippen LogP contribution in [0.5, 0.6) is 0 Å². The lowest BCUT2D eigenvalue weighted by molar-refractivity contribution is -0.121. The molecule has 0 spiro atoms. The number of rotatable bonds is 16. The molecule has 0 aliphatic rings. The molecule has 0 rings (SSSR count). The summed E-state index contributed by atoms with van der Waals surface area (Å²) in [6.45, 7) is 4.46. The molecular weight excluding hydrogens is 272 g/mol. The van der Waals surface area contributed by atoms with Crippen molar-refractivity contribution in [1.29, 1.82) is 0 Å². The summed E-state index contributed by atoms with van der Waals surface area (Å²) in [7, 11) is 0. The van der Waals surface area contributed by atoms with Gasteiger partial charge < -0.3 is 0 Å². The van der Waals surface area contributed by atoms with Crippen LogP contribution in [0.4, 0.5) is 0 Å². The third kappa shape index (κ3) is 17.2. The highest BCUT2D eigenvalue weighted by molar-refractivity contribution is 5.76. The molecule has 1 N–H and O–H groups in total. The Morgan fingerprint density at radius 2 is 1.27 bits per heavy atom. The molecule has 0 saturated heterocycles. The second kappa shape index (κ2) is 18.2. The maximum absolute atomic E-state index is 11.6. The van der Waals surface area contributed by atoms with Crippen LogP contribution in [0, 0.1) is 0 Å². The molecule has 0 aliphatic carbocycles. The van der Waals surface area contributed by atoms with Crippen LogP contribution in [-0.2, 0) is 4.79 Å². The monoisotopic (exact) mass is 310 g/mol. The van der Waals surface area contributed by atoms with Gasteiger partial charge in [0.25, 0.3) is 0 Å². The summed E-state index contributed by atoms with van der Waals surface area (Å²) in [4.78, 5) is 11.6. The van der Waals surface area contributed by atoms with Crippen LogP contribution in [0.1, 0.15) is 110 Å². The Hall–Kier alpha value is -0.860. The van der Waals surface area contributed by atoms with Crippen molar-refractivity contribution in [3.8, 4) is 0 Å². The number of amides is 1. The minimum atomic E-state index is 0.0627. The van der Waals surface area contributed by atoms with Gasteiger partial charge in [0, 0.05) is 12.6 Å². The van der Waals surface area contributed by atoms with E-state index in [1.807, 2.05) is 6.21 Å². The first kappa shape index (κ1) is 21.1. The molecule has 0 saturated carbocycles. The first-order valence-corrected chi connectivity index (χ1v) is 9.61. The molecule has 0 fully saturated rings. The first-order chi connectivity index (χ1) is 10.8. The van der Waals surface area contributed by atoms with Gasteiger partial charge in [-0.15, -0.1) is 0 Å². The summed E-state index contributed by atoms with van der Waals surface area (Å²) in [5, 5.41) is 4.00. The zero-order chi connectivity index (χ0) is 16.3. The number of hydrogen-bond donors (Lipinski definition) is 1. The van der Waals surface area contributed by atoms with Crippen molar-refractivity contribution in [1.82, 2.24) is 5.43 Å². The van der Waals surface area contributed by atoms with E-state index in [9.17, 15) is 4.79 Å². The highest BCUT2D eigenvalue weighted by atomic mass is 16.2. The molecule has 3 nitrogen and oxygen atoms in total. The van der Waals surface area contributed by atoms with Crippen LogP contribution >= 0.6 is 0 Å². The van der Waals surface area contributed by atoms with Crippen molar-refractivity contribution in [2.45, 2.75) is 110 Å². The third-order valence-corrected chi connectivity index (χ3v) is 3.97. The number of hydrazone groups is 1. The van der Waals surface area contributed by atoms with Gasteiger partial charge in [-0.3, -0.25) is 4.79 Å². The van der Waals surface area contributed by atoms with Crippen LogP contribution in [-0.4, -0.2) is 12.1 Å². The lowest BCUT2D eigenvalue weighted by atomic mass is 10.1. The highest BCUT2D eigenvalue weighted by Crippen LogP contribution is 2.10. The smallest absolute Gasteiger partial charge is 0.240 e. The van der Waals surface area contributed by atoms with E-state index in [-0.39, 0.29) is 5.91 Å².